The number of carbonyl (C=O) groups is 2. The summed E-state index contributed by atoms with van der Waals surface area (Å²) >= 11 is 0. The quantitative estimate of drug-likeness (QED) is 0.889. The zero-order valence-corrected chi connectivity index (χ0v) is 13.9. The fourth-order valence-corrected chi connectivity index (χ4v) is 3.01. The first kappa shape index (κ1) is 16.2. The number of carbonyl (C=O) groups excluding carboxylic acids is 2. The minimum absolute atomic E-state index is 0.0471. The molecular weight excluding hydrogens is 300 g/mol. The average Bonchev–Trinajstić information content (AvgIpc) is 2.55. The molecule has 124 valence electrons. The molecule has 2 amide bonds. The van der Waals surface area contributed by atoms with E-state index in [1.54, 1.807) is 0 Å². The maximum absolute atomic E-state index is 12.0. The lowest BCUT2D eigenvalue weighted by Crippen LogP contribution is -2.27. The van der Waals surface area contributed by atoms with Gasteiger partial charge in [-0.15, -0.1) is 0 Å². The average molecular weight is 322 g/mol. The Labute approximate surface area is 142 Å². The minimum atomic E-state index is 0.0471. The summed E-state index contributed by atoms with van der Waals surface area (Å²) < 4.78 is 0. The van der Waals surface area contributed by atoms with Crippen LogP contribution in [0, 0.1) is 6.92 Å². The molecule has 0 atom stereocenters. The van der Waals surface area contributed by atoms with E-state index in [4.69, 9.17) is 0 Å². The smallest absolute Gasteiger partial charge is 0.224 e. The van der Waals surface area contributed by atoms with Crippen molar-refractivity contribution in [3.8, 4) is 0 Å². The van der Waals surface area contributed by atoms with Crippen molar-refractivity contribution in [1.82, 2.24) is 5.32 Å². The van der Waals surface area contributed by atoms with Crippen LogP contribution in [0.1, 0.15) is 28.7 Å². The molecule has 0 radical (unpaired) electrons. The monoisotopic (exact) mass is 322 g/mol. The Balaban J connectivity index is 1.49. The summed E-state index contributed by atoms with van der Waals surface area (Å²) in [7, 11) is 0. The van der Waals surface area contributed by atoms with Crippen LogP contribution in [0.25, 0.3) is 0 Å². The Bertz CT molecular complexity index is 768. The number of nitrogens with one attached hydrogen (secondary N) is 2. The molecule has 2 aromatic rings. The fourth-order valence-electron chi connectivity index (χ4n) is 3.01. The Hall–Kier alpha value is -2.62. The van der Waals surface area contributed by atoms with Crippen LogP contribution in [-0.4, -0.2) is 18.4 Å². The molecule has 4 heteroatoms. The van der Waals surface area contributed by atoms with E-state index in [2.05, 4.69) is 16.7 Å². The number of benzene rings is 2. The van der Waals surface area contributed by atoms with Crippen LogP contribution in [0.2, 0.25) is 0 Å². The lowest BCUT2D eigenvalue weighted by Gasteiger charge is -2.17. The molecule has 0 spiro atoms. The predicted octanol–water partition coefficient (Wildman–Crippen LogP) is 2.78. The Kier molecular flexibility index (Phi) is 4.94. The highest BCUT2D eigenvalue weighted by atomic mass is 16.2. The van der Waals surface area contributed by atoms with Crippen LogP contribution in [0.3, 0.4) is 0 Å². The summed E-state index contributed by atoms with van der Waals surface area (Å²) in [4.78, 5) is 23.4. The summed E-state index contributed by atoms with van der Waals surface area (Å²) in [6.45, 7) is 2.65. The van der Waals surface area contributed by atoms with E-state index in [9.17, 15) is 9.59 Å². The van der Waals surface area contributed by atoms with Crippen molar-refractivity contribution in [3.63, 3.8) is 0 Å². The van der Waals surface area contributed by atoms with E-state index in [1.807, 2.05) is 43.3 Å². The molecule has 2 N–H and O–H groups in total. The molecule has 3 rings (SSSR count). The van der Waals surface area contributed by atoms with Gasteiger partial charge in [0.05, 0.1) is 6.42 Å². The zero-order valence-electron chi connectivity index (χ0n) is 13.9. The number of rotatable bonds is 5. The molecule has 0 aliphatic carbocycles. The van der Waals surface area contributed by atoms with E-state index in [1.165, 1.54) is 16.7 Å². The van der Waals surface area contributed by atoms with Gasteiger partial charge in [0.25, 0.3) is 0 Å². The van der Waals surface area contributed by atoms with Gasteiger partial charge in [-0.1, -0.05) is 42.0 Å². The topological polar surface area (TPSA) is 58.2 Å². The second-order valence-corrected chi connectivity index (χ2v) is 6.31. The van der Waals surface area contributed by atoms with E-state index in [0.717, 1.165) is 24.1 Å². The number of aryl methyl sites for hydroxylation is 2. The largest absolute Gasteiger partial charge is 0.355 e. The van der Waals surface area contributed by atoms with Crippen LogP contribution >= 0.6 is 0 Å². The molecule has 4 nitrogen and oxygen atoms in total. The molecule has 1 heterocycles. The van der Waals surface area contributed by atoms with Crippen molar-refractivity contribution >= 4 is 17.5 Å². The lowest BCUT2D eigenvalue weighted by molar-refractivity contribution is -0.120. The maximum atomic E-state index is 12.0. The maximum Gasteiger partial charge on any atom is 0.224 e. The molecule has 0 bridgehead atoms. The third-order valence-corrected chi connectivity index (χ3v) is 4.25. The third kappa shape index (κ3) is 4.22. The normalized spacial score (nSPS) is 13.1. The van der Waals surface area contributed by atoms with Gasteiger partial charge in [-0.2, -0.15) is 0 Å². The number of fused-ring (bicyclic) bond motifs is 1. The summed E-state index contributed by atoms with van der Waals surface area (Å²) in [5, 5.41) is 5.86. The van der Waals surface area contributed by atoms with E-state index < -0.39 is 0 Å². The van der Waals surface area contributed by atoms with E-state index in [-0.39, 0.29) is 11.8 Å². The Morgan fingerprint density at radius 3 is 2.83 bits per heavy atom. The molecular formula is C20H22N2O2. The first-order chi connectivity index (χ1) is 11.6. The third-order valence-electron chi connectivity index (χ3n) is 4.25. The van der Waals surface area contributed by atoms with Gasteiger partial charge in [-0.05, 0) is 42.5 Å². The molecule has 0 unspecified atom stereocenters. The van der Waals surface area contributed by atoms with Gasteiger partial charge in [0.1, 0.15) is 0 Å². The lowest BCUT2D eigenvalue weighted by atomic mass is 9.99. The van der Waals surface area contributed by atoms with Crippen LogP contribution in [-0.2, 0) is 28.9 Å². The molecule has 24 heavy (non-hydrogen) atoms. The summed E-state index contributed by atoms with van der Waals surface area (Å²) in [6, 6.07) is 14.1. The van der Waals surface area contributed by atoms with Crippen molar-refractivity contribution in [3.05, 3.63) is 64.7 Å². The Morgan fingerprint density at radius 2 is 2.00 bits per heavy atom. The van der Waals surface area contributed by atoms with Gasteiger partial charge >= 0.3 is 0 Å². The molecule has 2 aromatic carbocycles. The van der Waals surface area contributed by atoms with Gasteiger partial charge in [-0.25, -0.2) is 0 Å². The summed E-state index contributed by atoms with van der Waals surface area (Å²) in [6.07, 6.45) is 2.54. The van der Waals surface area contributed by atoms with Gasteiger partial charge in [0, 0.05) is 18.7 Å². The molecule has 0 aromatic heterocycles. The predicted molar refractivity (Wildman–Crippen MR) is 95.0 cm³/mol. The van der Waals surface area contributed by atoms with Gasteiger partial charge in [0.15, 0.2) is 0 Å². The number of hydrogen-bond acceptors (Lipinski definition) is 2. The number of amides is 2. The van der Waals surface area contributed by atoms with Crippen LogP contribution in [0.4, 0.5) is 5.69 Å². The van der Waals surface area contributed by atoms with Crippen molar-refractivity contribution in [2.45, 2.75) is 32.6 Å². The van der Waals surface area contributed by atoms with Gasteiger partial charge < -0.3 is 10.6 Å². The second kappa shape index (κ2) is 7.30. The molecule has 1 aliphatic heterocycles. The van der Waals surface area contributed by atoms with Crippen molar-refractivity contribution in [2.75, 3.05) is 11.9 Å². The van der Waals surface area contributed by atoms with Gasteiger partial charge in [-0.3, -0.25) is 9.59 Å². The van der Waals surface area contributed by atoms with Crippen LogP contribution in [0.15, 0.2) is 42.5 Å². The fraction of sp³-hybridized carbons (Fsp3) is 0.300. The van der Waals surface area contributed by atoms with Crippen molar-refractivity contribution in [2.24, 2.45) is 0 Å². The highest BCUT2D eigenvalue weighted by Gasteiger charge is 2.14. The van der Waals surface area contributed by atoms with Crippen LogP contribution in [0.5, 0.6) is 0 Å². The van der Waals surface area contributed by atoms with Crippen LogP contribution < -0.4 is 10.6 Å². The Morgan fingerprint density at radius 1 is 1.12 bits per heavy atom. The second-order valence-electron chi connectivity index (χ2n) is 6.31. The summed E-state index contributed by atoms with van der Waals surface area (Å²) in [5.41, 5.74) is 5.48. The number of hydrogen-bond donors (Lipinski definition) is 2. The van der Waals surface area contributed by atoms with Crippen molar-refractivity contribution < 1.29 is 9.59 Å². The first-order valence-corrected chi connectivity index (χ1v) is 8.34. The summed E-state index contributed by atoms with van der Waals surface area (Å²) in [5.74, 6) is 0.129. The van der Waals surface area contributed by atoms with E-state index in [0.29, 0.717) is 19.4 Å². The number of anilines is 1. The van der Waals surface area contributed by atoms with Crippen molar-refractivity contribution in [1.29, 1.82) is 0 Å². The highest BCUT2D eigenvalue weighted by Crippen LogP contribution is 2.23. The molecule has 0 fully saturated rings. The standard InChI is InChI=1S/C20H22N2O2/c1-14-3-2-4-16(11-14)13-20(24)21-10-9-15-5-7-18-17(12-15)6-8-19(23)22-18/h2-5,7,11-12H,6,8-10,13H2,1H3,(H,21,24)(H,22,23). The molecule has 0 saturated heterocycles. The molecule has 0 saturated carbocycles. The first-order valence-electron chi connectivity index (χ1n) is 8.34. The minimum Gasteiger partial charge on any atom is -0.355 e. The SMILES string of the molecule is Cc1cccc(CC(=O)NCCc2ccc3c(c2)CCC(=O)N3)c1. The molecule has 1 aliphatic rings. The highest BCUT2D eigenvalue weighted by molar-refractivity contribution is 5.93. The zero-order chi connectivity index (χ0) is 16.9. The van der Waals surface area contributed by atoms with Gasteiger partial charge in [0.2, 0.25) is 11.8 Å². The van der Waals surface area contributed by atoms with E-state index >= 15 is 0 Å².